The molecule has 0 aromatic carbocycles. The zero-order valence-electron chi connectivity index (χ0n) is 11.0. The highest BCUT2D eigenvalue weighted by Crippen LogP contribution is 1.94. The Kier molecular flexibility index (Phi) is 8.35. The molecule has 21 heavy (non-hydrogen) atoms. The van der Waals surface area contributed by atoms with Gasteiger partial charge in [-0.2, -0.15) is 12.6 Å². The molecule has 0 bridgehead atoms. The van der Waals surface area contributed by atoms with E-state index in [0.29, 0.717) is 0 Å². The number of amides is 3. The van der Waals surface area contributed by atoms with Gasteiger partial charge in [-0.05, 0) is 0 Å². The number of thiol groups is 1. The van der Waals surface area contributed by atoms with Gasteiger partial charge in [0.15, 0.2) is 0 Å². The second-order valence-corrected chi connectivity index (χ2v) is 4.47. The summed E-state index contributed by atoms with van der Waals surface area (Å²) in [4.78, 5) is 44.7. The van der Waals surface area contributed by atoms with E-state index in [4.69, 9.17) is 21.7 Å². The van der Waals surface area contributed by atoms with Crippen LogP contribution in [0.2, 0.25) is 0 Å². The normalized spacial score (nSPS) is 14.6. The Morgan fingerprint density at radius 2 is 1.62 bits per heavy atom. The number of aliphatic hydroxyl groups excluding tert-OH is 1. The number of hydrogen-bond acceptors (Lipinski definition) is 7. The maximum atomic E-state index is 11.7. The number of primary amides is 1. The Hall–Kier alpha value is -1.85. The second kappa shape index (κ2) is 9.15. The van der Waals surface area contributed by atoms with Crippen molar-refractivity contribution in [3.63, 3.8) is 0 Å². The van der Waals surface area contributed by atoms with Gasteiger partial charge in [0, 0.05) is 5.75 Å². The Morgan fingerprint density at radius 3 is 2.00 bits per heavy atom. The van der Waals surface area contributed by atoms with E-state index in [0.717, 1.165) is 0 Å². The Bertz CT molecular complexity index is 418. The summed E-state index contributed by atoms with van der Waals surface area (Å²) in [6.07, 6.45) is -0.431. The van der Waals surface area contributed by atoms with Gasteiger partial charge < -0.3 is 32.3 Å². The van der Waals surface area contributed by atoms with Crippen LogP contribution >= 0.6 is 12.6 Å². The second-order valence-electron chi connectivity index (χ2n) is 4.10. The number of nitrogens with one attached hydrogen (secondary N) is 2. The number of carbonyl (C=O) groups excluding carboxylic acids is 3. The van der Waals surface area contributed by atoms with Crippen LogP contribution in [0, 0.1) is 0 Å². The average Bonchev–Trinajstić information content (AvgIpc) is 2.40. The zero-order valence-corrected chi connectivity index (χ0v) is 11.9. The predicted octanol–water partition coefficient (Wildman–Crippen LogP) is -3.83. The van der Waals surface area contributed by atoms with Crippen molar-refractivity contribution in [3.8, 4) is 0 Å². The molecule has 8 N–H and O–H groups in total. The number of aliphatic hydroxyl groups is 1. The first kappa shape index (κ1) is 19.1. The van der Waals surface area contributed by atoms with Gasteiger partial charge in [-0.25, -0.2) is 4.79 Å². The van der Waals surface area contributed by atoms with E-state index >= 15 is 0 Å². The molecule has 0 aliphatic rings. The fourth-order valence-corrected chi connectivity index (χ4v) is 1.49. The highest BCUT2D eigenvalue weighted by atomic mass is 32.1. The summed E-state index contributed by atoms with van der Waals surface area (Å²) < 4.78 is 0. The van der Waals surface area contributed by atoms with Crippen LogP contribution in [0.3, 0.4) is 0 Å². The molecule has 0 aromatic heterocycles. The lowest BCUT2D eigenvalue weighted by Gasteiger charge is -2.20. The van der Waals surface area contributed by atoms with Crippen LogP contribution in [-0.2, 0) is 19.2 Å². The van der Waals surface area contributed by atoms with Crippen molar-refractivity contribution in [2.75, 3.05) is 12.4 Å². The molecule has 0 rings (SSSR count). The number of rotatable bonds is 9. The molecule has 11 heteroatoms. The smallest absolute Gasteiger partial charge is 0.327 e. The molecule has 0 saturated carbocycles. The first-order valence-corrected chi connectivity index (χ1v) is 6.45. The third-order valence-corrected chi connectivity index (χ3v) is 2.74. The zero-order chi connectivity index (χ0) is 16.6. The molecule has 0 heterocycles. The minimum Gasteiger partial charge on any atom is -0.480 e. The number of carbonyl (C=O) groups is 4. The number of hydrogen-bond donors (Lipinski definition) is 7. The molecule has 2 unspecified atom stereocenters. The molecule has 3 atom stereocenters. The Morgan fingerprint density at radius 1 is 1.10 bits per heavy atom. The maximum Gasteiger partial charge on any atom is 0.327 e. The summed E-state index contributed by atoms with van der Waals surface area (Å²) >= 11 is 3.75. The van der Waals surface area contributed by atoms with Crippen LogP contribution in [0.25, 0.3) is 0 Å². The van der Waals surface area contributed by atoms with Crippen molar-refractivity contribution in [1.82, 2.24) is 10.6 Å². The molecule has 3 amide bonds. The number of aliphatic carboxylic acids is 1. The van der Waals surface area contributed by atoms with E-state index in [9.17, 15) is 19.2 Å². The molecule has 0 radical (unpaired) electrons. The van der Waals surface area contributed by atoms with E-state index in [1.165, 1.54) is 0 Å². The van der Waals surface area contributed by atoms with E-state index in [-0.39, 0.29) is 5.75 Å². The van der Waals surface area contributed by atoms with Crippen LogP contribution in [0.1, 0.15) is 6.42 Å². The third kappa shape index (κ3) is 6.92. The van der Waals surface area contributed by atoms with Crippen LogP contribution in [0.15, 0.2) is 0 Å². The molecule has 0 fully saturated rings. The number of carboxylic acid groups (broad SMARTS) is 1. The number of carboxylic acids is 1. The van der Waals surface area contributed by atoms with Crippen LogP contribution in [-0.4, -0.2) is 64.4 Å². The lowest BCUT2D eigenvalue weighted by atomic mass is 10.1. The molecule has 120 valence electrons. The topological polar surface area (TPSA) is 185 Å². The van der Waals surface area contributed by atoms with Crippen molar-refractivity contribution in [2.24, 2.45) is 11.5 Å². The SMILES string of the molecule is NC(=O)C[C@H](N)C(=O)NC(CO)C(=O)NC(CS)C(=O)O. The molecular weight excluding hydrogens is 304 g/mol. The van der Waals surface area contributed by atoms with E-state index in [2.05, 4.69) is 23.3 Å². The van der Waals surface area contributed by atoms with E-state index < -0.39 is 54.8 Å². The summed E-state index contributed by atoms with van der Waals surface area (Å²) in [5.74, 6) is -4.08. The van der Waals surface area contributed by atoms with E-state index in [1.54, 1.807) is 0 Å². The predicted molar refractivity (Wildman–Crippen MR) is 74.2 cm³/mol. The summed E-state index contributed by atoms with van der Waals surface area (Å²) in [7, 11) is 0. The van der Waals surface area contributed by atoms with Crippen molar-refractivity contribution in [1.29, 1.82) is 0 Å². The van der Waals surface area contributed by atoms with Gasteiger partial charge in [0.2, 0.25) is 17.7 Å². The first-order valence-electron chi connectivity index (χ1n) is 5.82. The lowest BCUT2D eigenvalue weighted by Crippen LogP contribution is -2.56. The first-order chi connectivity index (χ1) is 9.72. The van der Waals surface area contributed by atoms with Crippen molar-refractivity contribution in [2.45, 2.75) is 24.5 Å². The standard InChI is InChI=1S/C10H18N4O6S/c11-4(1-7(12)16)8(17)13-5(2-15)9(18)14-6(3-21)10(19)20/h4-6,15,21H,1-3,11H2,(H2,12,16)(H,13,17)(H,14,18)(H,19,20)/t4-,5?,6?/m0/s1. The lowest BCUT2D eigenvalue weighted by molar-refractivity contribution is -0.141. The summed E-state index contributed by atoms with van der Waals surface area (Å²) in [6.45, 7) is -0.778. The number of nitrogens with two attached hydrogens (primary N) is 2. The van der Waals surface area contributed by atoms with Crippen molar-refractivity contribution < 1.29 is 29.4 Å². The van der Waals surface area contributed by atoms with Crippen molar-refractivity contribution >= 4 is 36.3 Å². The average molecular weight is 322 g/mol. The molecular formula is C10H18N4O6S. The van der Waals surface area contributed by atoms with Crippen LogP contribution in [0.5, 0.6) is 0 Å². The Balaban J connectivity index is 4.63. The molecule has 0 aliphatic carbocycles. The van der Waals surface area contributed by atoms with Gasteiger partial charge in [0.1, 0.15) is 12.1 Å². The van der Waals surface area contributed by atoms with Crippen molar-refractivity contribution in [3.05, 3.63) is 0 Å². The van der Waals surface area contributed by atoms with Gasteiger partial charge in [-0.15, -0.1) is 0 Å². The van der Waals surface area contributed by atoms with Gasteiger partial charge in [0.25, 0.3) is 0 Å². The van der Waals surface area contributed by atoms with Gasteiger partial charge in [-0.1, -0.05) is 0 Å². The fraction of sp³-hybridized carbons (Fsp3) is 0.600. The third-order valence-electron chi connectivity index (χ3n) is 2.37. The largest absolute Gasteiger partial charge is 0.480 e. The highest BCUT2D eigenvalue weighted by Gasteiger charge is 2.27. The monoisotopic (exact) mass is 322 g/mol. The minimum absolute atomic E-state index is 0.172. The summed E-state index contributed by atoms with van der Waals surface area (Å²) in [5, 5.41) is 22.0. The Labute approximate surface area is 125 Å². The molecule has 0 aromatic rings. The highest BCUT2D eigenvalue weighted by molar-refractivity contribution is 7.80. The van der Waals surface area contributed by atoms with Gasteiger partial charge in [-0.3, -0.25) is 14.4 Å². The quantitative estimate of drug-likeness (QED) is 0.212. The summed E-state index contributed by atoms with van der Waals surface area (Å²) in [5.41, 5.74) is 10.2. The molecule has 0 saturated heterocycles. The summed E-state index contributed by atoms with van der Waals surface area (Å²) in [6, 6.07) is -3.95. The molecule has 10 nitrogen and oxygen atoms in total. The maximum absolute atomic E-state index is 11.7. The minimum atomic E-state index is -1.40. The molecule has 0 spiro atoms. The van der Waals surface area contributed by atoms with E-state index in [1.807, 2.05) is 0 Å². The van der Waals surface area contributed by atoms with Crippen LogP contribution < -0.4 is 22.1 Å². The van der Waals surface area contributed by atoms with Gasteiger partial charge >= 0.3 is 5.97 Å². The van der Waals surface area contributed by atoms with Gasteiger partial charge in [0.05, 0.1) is 19.1 Å². The molecule has 0 aliphatic heterocycles. The fourth-order valence-electron chi connectivity index (χ4n) is 1.24. The van der Waals surface area contributed by atoms with Crippen LogP contribution in [0.4, 0.5) is 0 Å².